The third kappa shape index (κ3) is 3.78. The summed E-state index contributed by atoms with van der Waals surface area (Å²) in [6, 6.07) is 4.53. The molecule has 0 amide bonds. The van der Waals surface area contributed by atoms with E-state index in [0.29, 0.717) is 12.1 Å². The van der Waals surface area contributed by atoms with E-state index >= 15 is 0 Å². The molecule has 5 heteroatoms. The summed E-state index contributed by atoms with van der Waals surface area (Å²) in [4.78, 5) is 14.0. The molecule has 1 N–H and O–H groups in total. The lowest BCUT2D eigenvalue weighted by Gasteiger charge is -2.32. The van der Waals surface area contributed by atoms with Gasteiger partial charge in [0.25, 0.3) is 0 Å². The van der Waals surface area contributed by atoms with Gasteiger partial charge in [-0.25, -0.2) is 4.39 Å². The highest BCUT2D eigenvalue weighted by molar-refractivity contribution is 6.30. The summed E-state index contributed by atoms with van der Waals surface area (Å²) in [6.45, 7) is 3.61. The second-order valence-electron chi connectivity index (χ2n) is 5.37. The second-order valence-corrected chi connectivity index (χ2v) is 5.78. The van der Waals surface area contributed by atoms with Gasteiger partial charge in [-0.3, -0.25) is 4.79 Å². The molecule has 1 heterocycles. The largest absolute Gasteiger partial charge is 0.393 e. The number of nitrogens with zero attached hydrogens (tertiary/aromatic N) is 1. The van der Waals surface area contributed by atoms with Gasteiger partial charge >= 0.3 is 0 Å². The van der Waals surface area contributed by atoms with E-state index in [-0.39, 0.29) is 22.8 Å². The Kier molecular flexibility index (Phi) is 5.13. The van der Waals surface area contributed by atoms with Crippen LogP contribution in [0.3, 0.4) is 0 Å². The number of halogens is 2. The highest BCUT2D eigenvalue weighted by atomic mass is 35.5. The van der Waals surface area contributed by atoms with Crippen molar-refractivity contribution in [1.82, 2.24) is 4.90 Å². The summed E-state index contributed by atoms with van der Waals surface area (Å²) in [6.07, 6.45) is 1.20. The van der Waals surface area contributed by atoms with Gasteiger partial charge in [0.15, 0.2) is 0 Å². The van der Waals surface area contributed by atoms with Crippen LogP contribution >= 0.6 is 11.6 Å². The number of hydrogen-bond acceptors (Lipinski definition) is 3. The summed E-state index contributed by atoms with van der Waals surface area (Å²) in [5.41, 5.74) is 0.658. The zero-order valence-corrected chi connectivity index (χ0v) is 12.2. The van der Waals surface area contributed by atoms with Crippen molar-refractivity contribution in [3.8, 4) is 0 Å². The number of aliphatic hydroxyl groups excluding tert-OH is 1. The predicted molar refractivity (Wildman–Crippen MR) is 76.5 cm³/mol. The number of carbonyl (C=O) groups is 1. The number of benzene rings is 1. The van der Waals surface area contributed by atoms with Crippen molar-refractivity contribution in [2.45, 2.75) is 31.8 Å². The van der Waals surface area contributed by atoms with E-state index < -0.39 is 5.82 Å². The summed E-state index contributed by atoms with van der Waals surface area (Å²) in [5, 5.41) is 9.56. The molecular weight excluding hydrogens is 281 g/mol. The van der Waals surface area contributed by atoms with Gasteiger partial charge in [0.05, 0.1) is 17.0 Å². The maximum atomic E-state index is 13.5. The summed E-state index contributed by atoms with van der Waals surface area (Å²) >= 11 is 5.67. The second kappa shape index (κ2) is 6.66. The molecule has 1 saturated heterocycles. The molecule has 1 aromatic rings. The Bertz CT molecular complexity index is 487. The molecule has 1 fully saturated rings. The smallest absolute Gasteiger partial charge is 0.142 e. The first-order chi connectivity index (χ1) is 9.47. The number of aliphatic hydroxyl groups is 1. The molecule has 0 saturated carbocycles. The van der Waals surface area contributed by atoms with E-state index in [1.807, 2.05) is 0 Å². The van der Waals surface area contributed by atoms with Crippen LogP contribution in [0.1, 0.15) is 31.2 Å². The fourth-order valence-corrected chi connectivity index (χ4v) is 2.68. The van der Waals surface area contributed by atoms with Crippen LogP contribution in [0.15, 0.2) is 18.2 Å². The number of piperidine rings is 1. The van der Waals surface area contributed by atoms with Crippen LogP contribution in [0, 0.1) is 5.82 Å². The number of rotatable bonds is 4. The first-order valence-electron chi connectivity index (χ1n) is 6.83. The number of ketones is 1. The van der Waals surface area contributed by atoms with Gasteiger partial charge in [-0.1, -0.05) is 17.7 Å². The Morgan fingerprint density at radius 3 is 2.70 bits per heavy atom. The van der Waals surface area contributed by atoms with Crippen LogP contribution in [0.5, 0.6) is 0 Å². The third-order valence-electron chi connectivity index (χ3n) is 3.83. The standard InChI is InChI=1S/C15H19ClFNO2/c1-10(19)13(9-18-6-4-12(20)5-7-18)11-2-3-14(16)15(17)8-11/h2-3,8,12-13,20H,4-7,9H2,1H3/t13-/m1/s1. The Morgan fingerprint density at radius 2 is 2.15 bits per heavy atom. The lowest BCUT2D eigenvalue weighted by Crippen LogP contribution is -2.39. The lowest BCUT2D eigenvalue weighted by atomic mass is 9.93. The molecule has 20 heavy (non-hydrogen) atoms. The van der Waals surface area contributed by atoms with Crippen LogP contribution < -0.4 is 0 Å². The maximum absolute atomic E-state index is 13.5. The van der Waals surface area contributed by atoms with Crippen molar-refractivity contribution in [2.75, 3.05) is 19.6 Å². The molecule has 1 atom stereocenters. The Hall–Kier alpha value is -0.970. The first-order valence-corrected chi connectivity index (χ1v) is 7.21. The average Bonchev–Trinajstić information content (AvgIpc) is 2.41. The highest BCUT2D eigenvalue weighted by Crippen LogP contribution is 2.24. The van der Waals surface area contributed by atoms with E-state index in [0.717, 1.165) is 25.9 Å². The molecule has 1 aromatic carbocycles. The predicted octanol–water partition coefficient (Wildman–Crippen LogP) is 2.61. The summed E-state index contributed by atoms with van der Waals surface area (Å²) in [7, 11) is 0. The lowest BCUT2D eigenvalue weighted by molar-refractivity contribution is -0.119. The molecule has 0 radical (unpaired) electrons. The number of likely N-dealkylation sites (tertiary alicyclic amines) is 1. The maximum Gasteiger partial charge on any atom is 0.142 e. The van der Waals surface area contributed by atoms with Gasteiger partial charge in [0, 0.05) is 19.6 Å². The topological polar surface area (TPSA) is 40.5 Å². The monoisotopic (exact) mass is 299 g/mol. The Balaban J connectivity index is 2.10. The Morgan fingerprint density at radius 1 is 1.50 bits per heavy atom. The van der Waals surface area contributed by atoms with Gasteiger partial charge in [-0.15, -0.1) is 0 Å². The number of hydrogen-bond donors (Lipinski definition) is 1. The van der Waals surface area contributed by atoms with E-state index in [2.05, 4.69) is 4.90 Å². The van der Waals surface area contributed by atoms with Crippen LogP contribution in [0.25, 0.3) is 0 Å². The molecule has 2 rings (SSSR count). The summed E-state index contributed by atoms with van der Waals surface area (Å²) in [5.74, 6) is -0.834. The van der Waals surface area contributed by atoms with E-state index in [1.165, 1.54) is 19.1 Å². The van der Waals surface area contributed by atoms with E-state index in [1.54, 1.807) is 6.07 Å². The molecular formula is C15H19ClFNO2. The number of Topliss-reactive ketones (excluding diaryl/α,β-unsaturated/α-hetero) is 1. The molecule has 1 aliphatic rings. The van der Waals surface area contributed by atoms with Crippen molar-refractivity contribution in [1.29, 1.82) is 0 Å². The minimum Gasteiger partial charge on any atom is -0.393 e. The Labute approximate surface area is 123 Å². The van der Waals surface area contributed by atoms with Crippen molar-refractivity contribution in [3.05, 3.63) is 34.6 Å². The van der Waals surface area contributed by atoms with Crippen molar-refractivity contribution in [2.24, 2.45) is 0 Å². The van der Waals surface area contributed by atoms with Gasteiger partial charge in [0.2, 0.25) is 0 Å². The first kappa shape index (κ1) is 15.4. The van der Waals surface area contributed by atoms with Crippen molar-refractivity contribution < 1.29 is 14.3 Å². The minimum atomic E-state index is -0.496. The molecule has 110 valence electrons. The molecule has 0 unspecified atom stereocenters. The zero-order chi connectivity index (χ0) is 14.7. The van der Waals surface area contributed by atoms with E-state index in [9.17, 15) is 14.3 Å². The minimum absolute atomic E-state index is 0.0119. The van der Waals surface area contributed by atoms with Crippen LogP contribution in [0.2, 0.25) is 5.02 Å². The van der Waals surface area contributed by atoms with Crippen molar-refractivity contribution in [3.63, 3.8) is 0 Å². The van der Waals surface area contributed by atoms with Gasteiger partial charge in [-0.05, 0) is 37.5 Å². The van der Waals surface area contributed by atoms with E-state index in [4.69, 9.17) is 11.6 Å². The molecule has 0 aliphatic carbocycles. The third-order valence-corrected chi connectivity index (χ3v) is 4.14. The summed E-state index contributed by atoms with van der Waals surface area (Å²) < 4.78 is 13.5. The fourth-order valence-electron chi connectivity index (χ4n) is 2.56. The molecule has 3 nitrogen and oxygen atoms in total. The van der Waals surface area contributed by atoms with Crippen LogP contribution in [-0.2, 0) is 4.79 Å². The normalized spacial score (nSPS) is 19.0. The highest BCUT2D eigenvalue weighted by Gasteiger charge is 2.24. The molecule has 0 aromatic heterocycles. The molecule has 1 aliphatic heterocycles. The molecule has 0 bridgehead atoms. The average molecular weight is 300 g/mol. The number of carbonyl (C=O) groups excluding carboxylic acids is 1. The van der Waals surface area contributed by atoms with Gasteiger partial charge in [0.1, 0.15) is 11.6 Å². The zero-order valence-electron chi connectivity index (χ0n) is 11.5. The molecule has 0 spiro atoms. The quantitative estimate of drug-likeness (QED) is 0.929. The van der Waals surface area contributed by atoms with Gasteiger partial charge in [-0.2, -0.15) is 0 Å². The van der Waals surface area contributed by atoms with Gasteiger partial charge < -0.3 is 10.0 Å². The SMILES string of the molecule is CC(=O)[C@@H](CN1CCC(O)CC1)c1ccc(Cl)c(F)c1. The van der Waals surface area contributed by atoms with Crippen LogP contribution in [0.4, 0.5) is 4.39 Å². The fraction of sp³-hybridized carbons (Fsp3) is 0.533. The van der Waals surface area contributed by atoms with Crippen molar-refractivity contribution >= 4 is 17.4 Å². The van der Waals surface area contributed by atoms with Crippen LogP contribution in [-0.4, -0.2) is 41.5 Å².